The summed E-state index contributed by atoms with van der Waals surface area (Å²) in [6.45, 7) is 6.78. The van der Waals surface area contributed by atoms with Gasteiger partial charge in [0.15, 0.2) is 0 Å². The molecular weight excluding hydrogens is 306 g/mol. The van der Waals surface area contributed by atoms with Crippen molar-refractivity contribution >= 4 is 15.9 Å². The van der Waals surface area contributed by atoms with Crippen molar-refractivity contribution in [3.8, 4) is 0 Å². The van der Waals surface area contributed by atoms with Gasteiger partial charge in [0.25, 0.3) is 0 Å². The quantitative estimate of drug-likeness (QED) is 0.847. The van der Waals surface area contributed by atoms with Crippen LogP contribution in [0.5, 0.6) is 0 Å². The standard InChI is InChI=1S/C13H20BrN5/c1-5-19-12(13(14)10(2)16-19)9-17(3)7-11-6-15-18(4)8-11/h6,8H,5,7,9H2,1-4H3. The smallest absolute Gasteiger partial charge is 0.0739 e. The van der Waals surface area contributed by atoms with Crippen LogP contribution in [0, 0.1) is 6.92 Å². The van der Waals surface area contributed by atoms with Gasteiger partial charge in [-0.1, -0.05) is 0 Å². The predicted octanol–water partition coefficient (Wildman–Crippen LogP) is 2.34. The van der Waals surface area contributed by atoms with E-state index in [9.17, 15) is 0 Å². The van der Waals surface area contributed by atoms with Crippen molar-refractivity contribution in [3.63, 3.8) is 0 Å². The van der Waals surface area contributed by atoms with Crippen LogP contribution in [0.3, 0.4) is 0 Å². The van der Waals surface area contributed by atoms with Crippen LogP contribution in [0.2, 0.25) is 0 Å². The Morgan fingerprint density at radius 3 is 2.68 bits per heavy atom. The molecule has 0 aliphatic carbocycles. The highest BCUT2D eigenvalue weighted by Crippen LogP contribution is 2.22. The summed E-state index contributed by atoms with van der Waals surface area (Å²) in [6.07, 6.45) is 3.96. The summed E-state index contributed by atoms with van der Waals surface area (Å²) in [6, 6.07) is 0. The molecular formula is C13H20BrN5. The molecule has 0 aliphatic rings. The molecule has 0 radical (unpaired) electrons. The monoisotopic (exact) mass is 325 g/mol. The maximum Gasteiger partial charge on any atom is 0.0739 e. The van der Waals surface area contributed by atoms with E-state index in [0.29, 0.717) is 0 Å². The topological polar surface area (TPSA) is 38.9 Å². The van der Waals surface area contributed by atoms with Crippen LogP contribution in [0.25, 0.3) is 0 Å². The third-order valence-corrected chi connectivity index (χ3v) is 4.11. The molecule has 0 aromatic carbocycles. The Bertz CT molecular complexity index is 557. The average Bonchev–Trinajstić information content (AvgIpc) is 2.87. The number of hydrogen-bond acceptors (Lipinski definition) is 3. The van der Waals surface area contributed by atoms with Crippen LogP contribution in [-0.4, -0.2) is 31.5 Å². The van der Waals surface area contributed by atoms with Gasteiger partial charge in [-0.15, -0.1) is 0 Å². The Kier molecular flexibility index (Phi) is 4.42. The number of rotatable bonds is 5. The van der Waals surface area contributed by atoms with Crippen LogP contribution in [0.1, 0.15) is 23.9 Å². The predicted molar refractivity (Wildman–Crippen MR) is 78.7 cm³/mol. The van der Waals surface area contributed by atoms with E-state index in [1.54, 1.807) is 0 Å². The highest BCUT2D eigenvalue weighted by molar-refractivity contribution is 9.10. The highest BCUT2D eigenvalue weighted by atomic mass is 79.9. The summed E-state index contributed by atoms with van der Waals surface area (Å²) in [4.78, 5) is 2.27. The van der Waals surface area contributed by atoms with Crippen molar-refractivity contribution in [1.82, 2.24) is 24.5 Å². The summed E-state index contributed by atoms with van der Waals surface area (Å²) in [7, 11) is 4.05. The number of nitrogens with zero attached hydrogens (tertiary/aromatic N) is 5. The van der Waals surface area contributed by atoms with E-state index in [0.717, 1.165) is 29.8 Å². The fourth-order valence-corrected chi connectivity index (χ4v) is 2.61. The molecule has 2 aromatic heterocycles. The fourth-order valence-electron chi connectivity index (χ4n) is 2.20. The first-order chi connectivity index (χ1) is 9.01. The molecule has 0 fully saturated rings. The van der Waals surface area contributed by atoms with Crippen LogP contribution >= 0.6 is 15.9 Å². The zero-order valence-corrected chi connectivity index (χ0v) is 13.5. The van der Waals surface area contributed by atoms with Crippen LogP contribution in [0.15, 0.2) is 16.9 Å². The van der Waals surface area contributed by atoms with Gasteiger partial charge in [-0.05, 0) is 36.8 Å². The number of aryl methyl sites for hydroxylation is 3. The van der Waals surface area contributed by atoms with Gasteiger partial charge in [0.1, 0.15) is 0 Å². The van der Waals surface area contributed by atoms with Crippen LogP contribution < -0.4 is 0 Å². The minimum Gasteiger partial charge on any atom is -0.296 e. The van der Waals surface area contributed by atoms with E-state index in [4.69, 9.17) is 0 Å². The summed E-state index contributed by atoms with van der Waals surface area (Å²) < 4.78 is 5.01. The minimum atomic E-state index is 0.865. The Balaban J connectivity index is 2.08. The Morgan fingerprint density at radius 2 is 2.11 bits per heavy atom. The summed E-state index contributed by atoms with van der Waals surface area (Å²) in [5.74, 6) is 0. The minimum absolute atomic E-state index is 0.865. The first-order valence-corrected chi connectivity index (χ1v) is 7.18. The second-order valence-corrected chi connectivity index (χ2v) is 5.65. The van der Waals surface area contributed by atoms with Gasteiger partial charge >= 0.3 is 0 Å². The number of aromatic nitrogens is 4. The summed E-state index contributed by atoms with van der Waals surface area (Å²) in [5.41, 5.74) is 3.50. The lowest BCUT2D eigenvalue weighted by Crippen LogP contribution is -2.19. The van der Waals surface area contributed by atoms with Gasteiger partial charge in [-0.2, -0.15) is 10.2 Å². The molecule has 0 bridgehead atoms. The van der Waals surface area contributed by atoms with E-state index in [1.807, 2.05) is 31.0 Å². The van der Waals surface area contributed by atoms with Gasteiger partial charge in [-0.25, -0.2) is 0 Å². The third kappa shape index (κ3) is 3.25. The van der Waals surface area contributed by atoms with Crippen molar-refractivity contribution in [1.29, 1.82) is 0 Å². The molecule has 104 valence electrons. The van der Waals surface area contributed by atoms with Crippen molar-refractivity contribution in [2.45, 2.75) is 33.5 Å². The SMILES string of the molecule is CCn1nc(C)c(Br)c1CN(C)Cc1cnn(C)c1. The molecule has 0 saturated heterocycles. The highest BCUT2D eigenvalue weighted by Gasteiger charge is 2.14. The number of hydrogen-bond donors (Lipinski definition) is 0. The molecule has 0 atom stereocenters. The van der Waals surface area contributed by atoms with E-state index < -0.39 is 0 Å². The molecule has 0 N–H and O–H groups in total. The molecule has 2 rings (SSSR count). The first kappa shape index (κ1) is 14.3. The zero-order valence-electron chi connectivity index (χ0n) is 11.9. The van der Waals surface area contributed by atoms with Crippen molar-refractivity contribution in [2.24, 2.45) is 7.05 Å². The Morgan fingerprint density at radius 1 is 1.37 bits per heavy atom. The molecule has 6 heteroatoms. The second kappa shape index (κ2) is 5.88. The fraction of sp³-hybridized carbons (Fsp3) is 0.538. The molecule has 2 aromatic rings. The number of halogens is 1. The van der Waals surface area contributed by atoms with Crippen LogP contribution in [0.4, 0.5) is 0 Å². The van der Waals surface area contributed by atoms with Crippen molar-refractivity contribution < 1.29 is 0 Å². The zero-order chi connectivity index (χ0) is 14.0. The van der Waals surface area contributed by atoms with Gasteiger partial charge < -0.3 is 0 Å². The molecule has 0 unspecified atom stereocenters. The Labute approximate surface area is 122 Å². The van der Waals surface area contributed by atoms with Gasteiger partial charge in [0.2, 0.25) is 0 Å². The Hall–Kier alpha value is -1.14. The van der Waals surface area contributed by atoms with Crippen molar-refractivity contribution in [2.75, 3.05) is 7.05 Å². The largest absolute Gasteiger partial charge is 0.296 e. The van der Waals surface area contributed by atoms with Gasteiger partial charge in [-0.3, -0.25) is 14.3 Å². The summed E-state index contributed by atoms with van der Waals surface area (Å²) >= 11 is 3.63. The molecule has 0 aliphatic heterocycles. The lowest BCUT2D eigenvalue weighted by Gasteiger charge is -2.16. The third-order valence-electron chi connectivity index (χ3n) is 3.08. The lowest BCUT2D eigenvalue weighted by atomic mass is 10.3. The van der Waals surface area contributed by atoms with Crippen molar-refractivity contribution in [3.05, 3.63) is 33.8 Å². The second-order valence-electron chi connectivity index (χ2n) is 4.86. The van der Waals surface area contributed by atoms with E-state index in [1.165, 1.54) is 11.3 Å². The normalized spacial score (nSPS) is 11.5. The molecule has 19 heavy (non-hydrogen) atoms. The molecule has 2 heterocycles. The first-order valence-electron chi connectivity index (χ1n) is 6.39. The lowest BCUT2D eigenvalue weighted by molar-refractivity contribution is 0.306. The molecule has 0 saturated carbocycles. The van der Waals surface area contributed by atoms with E-state index in [-0.39, 0.29) is 0 Å². The maximum absolute atomic E-state index is 4.52. The maximum atomic E-state index is 4.52. The van der Waals surface area contributed by atoms with Gasteiger partial charge in [0.05, 0.1) is 22.1 Å². The van der Waals surface area contributed by atoms with Gasteiger partial charge in [0, 0.05) is 38.4 Å². The molecule has 0 amide bonds. The van der Waals surface area contributed by atoms with Crippen LogP contribution in [-0.2, 0) is 26.7 Å². The molecule has 5 nitrogen and oxygen atoms in total. The van der Waals surface area contributed by atoms with E-state index in [2.05, 4.69) is 49.7 Å². The average molecular weight is 326 g/mol. The molecule has 0 spiro atoms. The summed E-state index contributed by atoms with van der Waals surface area (Å²) in [5, 5.41) is 8.71. The van der Waals surface area contributed by atoms with E-state index >= 15 is 0 Å².